The summed E-state index contributed by atoms with van der Waals surface area (Å²) in [6.45, 7) is 1.24. The van der Waals surface area contributed by atoms with Crippen LogP contribution in [0.25, 0.3) is 0 Å². The number of nitrogens with zero attached hydrogens (tertiary/aromatic N) is 2. The van der Waals surface area contributed by atoms with Gasteiger partial charge in [-0.25, -0.2) is 17.7 Å². The van der Waals surface area contributed by atoms with Crippen LogP contribution in [0.3, 0.4) is 0 Å². The highest BCUT2D eigenvalue weighted by Crippen LogP contribution is 2.22. The summed E-state index contributed by atoms with van der Waals surface area (Å²) >= 11 is 5.71. The summed E-state index contributed by atoms with van der Waals surface area (Å²) < 4.78 is 24.3. The zero-order chi connectivity index (χ0) is 12.5. The van der Waals surface area contributed by atoms with Crippen molar-refractivity contribution in [3.8, 4) is 0 Å². The minimum absolute atomic E-state index is 0.382. The van der Waals surface area contributed by atoms with Gasteiger partial charge in [-0.3, -0.25) is 0 Å². The van der Waals surface area contributed by atoms with Gasteiger partial charge in [-0.2, -0.15) is 0 Å². The molecule has 1 aromatic heterocycles. The zero-order valence-corrected chi connectivity index (χ0v) is 11.2. The van der Waals surface area contributed by atoms with Gasteiger partial charge in [0.15, 0.2) is 0 Å². The van der Waals surface area contributed by atoms with Crippen LogP contribution in [-0.2, 0) is 16.4 Å². The minimum Gasteiger partial charge on any atom is -0.244 e. The predicted octanol–water partition coefficient (Wildman–Crippen LogP) is 1.56. The van der Waals surface area contributed by atoms with Crippen LogP contribution in [0.2, 0.25) is 5.15 Å². The lowest BCUT2D eigenvalue weighted by molar-refractivity contribution is 0.460. The second-order valence-corrected chi connectivity index (χ2v) is 6.84. The Hall–Kier alpha value is -0.650. The number of aromatic nitrogens is 1. The van der Waals surface area contributed by atoms with Crippen LogP contribution in [0.1, 0.15) is 12.0 Å². The Morgan fingerprint density at radius 2 is 2.29 bits per heavy atom. The molecule has 1 aliphatic rings. The van der Waals surface area contributed by atoms with Crippen molar-refractivity contribution in [1.82, 2.24) is 9.29 Å². The van der Waals surface area contributed by atoms with Crippen LogP contribution in [0.15, 0.2) is 18.3 Å². The first-order chi connectivity index (χ1) is 7.95. The van der Waals surface area contributed by atoms with E-state index in [1.807, 2.05) is 6.07 Å². The summed E-state index contributed by atoms with van der Waals surface area (Å²) in [6, 6.07) is 3.71. The van der Waals surface area contributed by atoms with E-state index in [1.165, 1.54) is 6.26 Å². The van der Waals surface area contributed by atoms with Crippen molar-refractivity contribution in [3.05, 3.63) is 29.0 Å². The molecule has 1 aromatic rings. The maximum atomic E-state index is 11.4. The SMILES string of the molecule is CS(=O)(=O)N1CC[C@H](Cc2ccc(Cl)nc2)C1. The van der Waals surface area contributed by atoms with Gasteiger partial charge >= 0.3 is 0 Å². The van der Waals surface area contributed by atoms with E-state index in [2.05, 4.69) is 4.98 Å². The molecule has 0 radical (unpaired) electrons. The van der Waals surface area contributed by atoms with E-state index in [-0.39, 0.29) is 0 Å². The van der Waals surface area contributed by atoms with Crippen molar-refractivity contribution in [2.45, 2.75) is 12.8 Å². The van der Waals surface area contributed by atoms with Crippen molar-refractivity contribution in [2.24, 2.45) is 5.92 Å². The number of rotatable bonds is 3. The first-order valence-electron chi connectivity index (χ1n) is 5.51. The third kappa shape index (κ3) is 3.40. The molecule has 6 heteroatoms. The molecule has 0 aromatic carbocycles. The smallest absolute Gasteiger partial charge is 0.211 e. The molecule has 0 spiro atoms. The highest BCUT2D eigenvalue weighted by atomic mass is 35.5. The summed E-state index contributed by atoms with van der Waals surface area (Å²) in [5.74, 6) is 0.382. The molecule has 2 rings (SSSR count). The highest BCUT2D eigenvalue weighted by molar-refractivity contribution is 7.88. The quantitative estimate of drug-likeness (QED) is 0.786. The Labute approximate surface area is 107 Å². The Balaban J connectivity index is 1.96. The summed E-state index contributed by atoms with van der Waals surface area (Å²) in [7, 11) is -3.04. The molecule has 0 bridgehead atoms. The molecule has 0 saturated carbocycles. The predicted molar refractivity (Wildman–Crippen MR) is 67.5 cm³/mol. The second kappa shape index (κ2) is 4.92. The van der Waals surface area contributed by atoms with E-state index in [0.29, 0.717) is 24.2 Å². The second-order valence-electron chi connectivity index (χ2n) is 4.47. The first-order valence-corrected chi connectivity index (χ1v) is 7.73. The third-order valence-corrected chi connectivity index (χ3v) is 4.52. The lowest BCUT2D eigenvalue weighted by atomic mass is 10.0. The van der Waals surface area contributed by atoms with Crippen LogP contribution < -0.4 is 0 Å². The largest absolute Gasteiger partial charge is 0.244 e. The van der Waals surface area contributed by atoms with Crippen LogP contribution in [0.4, 0.5) is 0 Å². The molecule has 1 atom stereocenters. The number of hydrogen-bond donors (Lipinski definition) is 0. The van der Waals surface area contributed by atoms with Gasteiger partial charge in [0.1, 0.15) is 5.15 Å². The highest BCUT2D eigenvalue weighted by Gasteiger charge is 2.28. The minimum atomic E-state index is -3.04. The van der Waals surface area contributed by atoms with Crippen molar-refractivity contribution in [2.75, 3.05) is 19.3 Å². The average Bonchev–Trinajstić information content (AvgIpc) is 2.69. The third-order valence-electron chi connectivity index (χ3n) is 3.03. The summed E-state index contributed by atoms with van der Waals surface area (Å²) in [5.41, 5.74) is 1.11. The molecule has 0 N–H and O–H groups in total. The van der Waals surface area contributed by atoms with Gasteiger partial charge in [0, 0.05) is 19.3 Å². The maximum absolute atomic E-state index is 11.4. The van der Waals surface area contributed by atoms with E-state index >= 15 is 0 Å². The van der Waals surface area contributed by atoms with Crippen LogP contribution in [0.5, 0.6) is 0 Å². The summed E-state index contributed by atoms with van der Waals surface area (Å²) in [4.78, 5) is 4.02. The molecule has 94 valence electrons. The van der Waals surface area contributed by atoms with Gasteiger partial charge < -0.3 is 0 Å². The van der Waals surface area contributed by atoms with Gasteiger partial charge in [0.05, 0.1) is 6.26 Å². The van der Waals surface area contributed by atoms with Gasteiger partial charge in [0.25, 0.3) is 0 Å². The van der Waals surface area contributed by atoms with E-state index in [0.717, 1.165) is 18.4 Å². The van der Waals surface area contributed by atoms with E-state index in [9.17, 15) is 8.42 Å². The normalized spacial score (nSPS) is 21.9. The molecule has 0 aliphatic carbocycles. The molecule has 1 fully saturated rings. The fourth-order valence-corrected chi connectivity index (χ4v) is 3.16. The molecule has 4 nitrogen and oxygen atoms in total. The fraction of sp³-hybridized carbons (Fsp3) is 0.545. The van der Waals surface area contributed by atoms with Crippen LogP contribution in [0, 0.1) is 5.92 Å². The molecule has 17 heavy (non-hydrogen) atoms. The monoisotopic (exact) mass is 274 g/mol. The van der Waals surface area contributed by atoms with Crippen molar-refractivity contribution < 1.29 is 8.42 Å². The molecular formula is C11H15ClN2O2S. The molecule has 0 unspecified atom stereocenters. The Kier molecular flexibility index (Phi) is 3.70. The lowest BCUT2D eigenvalue weighted by Gasteiger charge is -2.13. The summed E-state index contributed by atoms with van der Waals surface area (Å²) in [5, 5.41) is 0.484. The van der Waals surface area contributed by atoms with Crippen molar-refractivity contribution in [3.63, 3.8) is 0 Å². The van der Waals surface area contributed by atoms with E-state index in [1.54, 1.807) is 16.6 Å². The van der Waals surface area contributed by atoms with Crippen molar-refractivity contribution in [1.29, 1.82) is 0 Å². The van der Waals surface area contributed by atoms with Crippen LogP contribution in [-0.4, -0.2) is 37.1 Å². The van der Waals surface area contributed by atoms with Crippen molar-refractivity contribution >= 4 is 21.6 Å². The first kappa shape index (κ1) is 12.8. The average molecular weight is 275 g/mol. The van der Waals surface area contributed by atoms with Gasteiger partial charge in [-0.15, -0.1) is 0 Å². The molecule has 2 heterocycles. The van der Waals surface area contributed by atoms with E-state index < -0.39 is 10.0 Å². The Bertz CT molecular complexity index is 487. The number of pyridine rings is 1. The Morgan fingerprint density at radius 1 is 1.53 bits per heavy atom. The number of halogens is 1. The summed E-state index contributed by atoms with van der Waals surface area (Å²) in [6.07, 6.45) is 4.79. The fourth-order valence-electron chi connectivity index (χ4n) is 2.13. The van der Waals surface area contributed by atoms with Gasteiger partial charge in [-0.1, -0.05) is 17.7 Å². The lowest BCUT2D eigenvalue weighted by Crippen LogP contribution is -2.27. The zero-order valence-electron chi connectivity index (χ0n) is 9.63. The standard InChI is InChI=1S/C11H15ClN2O2S/c1-17(15,16)14-5-4-10(8-14)6-9-2-3-11(12)13-7-9/h2-3,7,10H,4-6,8H2,1H3/t10-/m1/s1. The number of hydrogen-bond acceptors (Lipinski definition) is 3. The topological polar surface area (TPSA) is 50.3 Å². The molecular weight excluding hydrogens is 260 g/mol. The van der Waals surface area contributed by atoms with Gasteiger partial charge in [-0.05, 0) is 30.4 Å². The molecule has 0 amide bonds. The van der Waals surface area contributed by atoms with E-state index in [4.69, 9.17) is 11.6 Å². The molecule has 1 aliphatic heterocycles. The van der Waals surface area contributed by atoms with Gasteiger partial charge in [0.2, 0.25) is 10.0 Å². The Morgan fingerprint density at radius 3 is 2.82 bits per heavy atom. The number of sulfonamides is 1. The van der Waals surface area contributed by atoms with Crippen LogP contribution >= 0.6 is 11.6 Å². The maximum Gasteiger partial charge on any atom is 0.211 e. The molecule has 1 saturated heterocycles.